The summed E-state index contributed by atoms with van der Waals surface area (Å²) < 4.78 is 0. The van der Waals surface area contributed by atoms with E-state index in [-0.39, 0.29) is 6.03 Å². The number of piperidine rings is 1. The zero-order chi connectivity index (χ0) is 15.4. The lowest BCUT2D eigenvalue weighted by Crippen LogP contribution is -2.47. The zero-order valence-corrected chi connectivity index (χ0v) is 13.5. The number of aromatic nitrogens is 1. The lowest BCUT2D eigenvalue weighted by molar-refractivity contribution is 0.146. The van der Waals surface area contributed by atoms with Crippen molar-refractivity contribution < 1.29 is 4.79 Å². The zero-order valence-electron chi connectivity index (χ0n) is 13.5. The molecule has 116 valence electrons. The molecule has 0 aliphatic carbocycles. The van der Waals surface area contributed by atoms with Crippen LogP contribution in [0, 0.1) is 11.8 Å². The minimum absolute atomic E-state index is 0.0385. The molecule has 0 radical (unpaired) electrons. The summed E-state index contributed by atoms with van der Waals surface area (Å²) in [4.78, 5) is 20.4. The van der Waals surface area contributed by atoms with Crippen molar-refractivity contribution in [3.8, 4) is 0 Å². The molecule has 0 spiro atoms. The van der Waals surface area contributed by atoms with Crippen LogP contribution in [0.4, 0.5) is 10.6 Å². The van der Waals surface area contributed by atoms with E-state index in [2.05, 4.69) is 24.1 Å². The Hall–Kier alpha value is -1.78. The normalized spacial score (nSPS) is 22.0. The van der Waals surface area contributed by atoms with Gasteiger partial charge in [-0.15, -0.1) is 0 Å². The van der Waals surface area contributed by atoms with Crippen LogP contribution in [0.25, 0.3) is 0 Å². The van der Waals surface area contributed by atoms with E-state index >= 15 is 0 Å². The highest BCUT2D eigenvalue weighted by atomic mass is 16.2. The molecular weight excluding hydrogens is 264 g/mol. The third kappa shape index (κ3) is 4.34. The summed E-state index contributed by atoms with van der Waals surface area (Å²) in [5, 5.41) is 3.02. The molecule has 1 aliphatic rings. The molecule has 1 aromatic heterocycles. The maximum absolute atomic E-state index is 12.3. The summed E-state index contributed by atoms with van der Waals surface area (Å²) >= 11 is 0. The molecule has 0 aromatic carbocycles. The van der Waals surface area contributed by atoms with Crippen molar-refractivity contribution in [2.75, 3.05) is 32.1 Å². The standard InChI is InChI=1S/C16H26N4O/c1-12-7-13(2)11-20(10-12)16(21)18-9-14-5-6-17-15(8-14)19(3)4/h5-6,8,12-13H,7,9-11H2,1-4H3,(H,18,21). The van der Waals surface area contributed by atoms with Gasteiger partial charge >= 0.3 is 6.03 Å². The number of pyridine rings is 1. The molecule has 1 aromatic rings. The Balaban J connectivity index is 1.90. The monoisotopic (exact) mass is 290 g/mol. The number of urea groups is 1. The van der Waals surface area contributed by atoms with Crippen molar-refractivity contribution in [2.45, 2.75) is 26.8 Å². The van der Waals surface area contributed by atoms with Crippen molar-refractivity contribution >= 4 is 11.8 Å². The summed E-state index contributed by atoms with van der Waals surface area (Å²) in [7, 11) is 3.92. The van der Waals surface area contributed by atoms with E-state index < -0.39 is 0 Å². The van der Waals surface area contributed by atoms with Crippen LogP contribution in [-0.4, -0.2) is 43.1 Å². The first-order chi connectivity index (χ1) is 9.95. The number of hydrogen-bond acceptors (Lipinski definition) is 3. The Kier molecular flexibility index (Phi) is 5.04. The predicted octanol–water partition coefficient (Wildman–Crippen LogP) is 2.34. The molecule has 1 N–H and O–H groups in total. The van der Waals surface area contributed by atoms with Crippen molar-refractivity contribution in [3.05, 3.63) is 23.9 Å². The molecule has 0 saturated carbocycles. The average molecular weight is 290 g/mol. The van der Waals surface area contributed by atoms with E-state index in [1.54, 1.807) is 6.20 Å². The molecule has 0 bridgehead atoms. The van der Waals surface area contributed by atoms with Gasteiger partial charge in [0, 0.05) is 39.9 Å². The average Bonchev–Trinajstić information content (AvgIpc) is 2.44. The Morgan fingerprint density at radius 2 is 2.05 bits per heavy atom. The second-order valence-electron chi connectivity index (χ2n) is 6.43. The number of likely N-dealkylation sites (tertiary alicyclic amines) is 1. The van der Waals surface area contributed by atoms with Crippen LogP contribution in [0.1, 0.15) is 25.8 Å². The summed E-state index contributed by atoms with van der Waals surface area (Å²) in [6.07, 6.45) is 2.99. The molecule has 5 heteroatoms. The van der Waals surface area contributed by atoms with Crippen molar-refractivity contribution in [1.29, 1.82) is 0 Å². The Bertz CT molecular complexity index is 479. The van der Waals surface area contributed by atoms with Crippen LogP contribution < -0.4 is 10.2 Å². The lowest BCUT2D eigenvalue weighted by atomic mass is 9.92. The van der Waals surface area contributed by atoms with Gasteiger partial charge < -0.3 is 15.1 Å². The molecule has 2 heterocycles. The van der Waals surface area contributed by atoms with Gasteiger partial charge in [0.05, 0.1) is 0 Å². The second kappa shape index (κ2) is 6.78. The molecule has 2 unspecified atom stereocenters. The van der Waals surface area contributed by atoms with Crippen molar-refractivity contribution in [2.24, 2.45) is 11.8 Å². The Labute approximate surface area is 127 Å². The van der Waals surface area contributed by atoms with Gasteiger partial charge in [0.1, 0.15) is 5.82 Å². The SMILES string of the molecule is CC1CC(C)CN(C(=O)NCc2ccnc(N(C)C)c2)C1. The van der Waals surface area contributed by atoms with Gasteiger partial charge in [0.15, 0.2) is 0 Å². The van der Waals surface area contributed by atoms with Gasteiger partial charge in [-0.25, -0.2) is 9.78 Å². The lowest BCUT2D eigenvalue weighted by Gasteiger charge is -2.34. The summed E-state index contributed by atoms with van der Waals surface area (Å²) in [6.45, 7) is 6.68. The molecular formula is C16H26N4O. The third-order valence-electron chi connectivity index (χ3n) is 3.87. The maximum Gasteiger partial charge on any atom is 0.317 e. The largest absolute Gasteiger partial charge is 0.363 e. The van der Waals surface area contributed by atoms with Gasteiger partial charge in [-0.3, -0.25) is 0 Å². The number of nitrogens with zero attached hydrogens (tertiary/aromatic N) is 3. The highest BCUT2D eigenvalue weighted by Gasteiger charge is 2.25. The van der Waals surface area contributed by atoms with E-state index in [0.717, 1.165) is 24.5 Å². The predicted molar refractivity (Wildman–Crippen MR) is 85.3 cm³/mol. The summed E-state index contributed by atoms with van der Waals surface area (Å²) in [5.41, 5.74) is 1.07. The number of rotatable bonds is 3. The van der Waals surface area contributed by atoms with Crippen molar-refractivity contribution in [3.63, 3.8) is 0 Å². The number of carbonyl (C=O) groups excluding carboxylic acids is 1. The molecule has 2 atom stereocenters. The fourth-order valence-electron chi connectivity index (χ4n) is 2.93. The van der Waals surface area contributed by atoms with Crippen LogP contribution >= 0.6 is 0 Å². The molecule has 21 heavy (non-hydrogen) atoms. The first-order valence-electron chi connectivity index (χ1n) is 7.60. The first-order valence-corrected chi connectivity index (χ1v) is 7.60. The molecule has 1 fully saturated rings. The van der Waals surface area contributed by atoms with E-state index in [4.69, 9.17) is 0 Å². The maximum atomic E-state index is 12.3. The molecule has 2 rings (SSSR count). The van der Waals surface area contributed by atoms with E-state index in [1.807, 2.05) is 36.0 Å². The van der Waals surface area contributed by atoms with Gasteiger partial charge in [-0.1, -0.05) is 13.8 Å². The van der Waals surface area contributed by atoms with Crippen LogP contribution in [-0.2, 0) is 6.54 Å². The Morgan fingerprint density at radius 3 is 2.67 bits per heavy atom. The van der Waals surface area contributed by atoms with Gasteiger partial charge in [-0.05, 0) is 36.0 Å². The smallest absolute Gasteiger partial charge is 0.317 e. The fraction of sp³-hybridized carbons (Fsp3) is 0.625. The number of anilines is 1. The second-order valence-corrected chi connectivity index (χ2v) is 6.43. The first kappa shape index (κ1) is 15.6. The number of nitrogens with one attached hydrogen (secondary N) is 1. The highest BCUT2D eigenvalue weighted by Crippen LogP contribution is 2.20. The fourth-order valence-corrected chi connectivity index (χ4v) is 2.93. The van der Waals surface area contributed by atoms with E-state index in [9.17, 15) is 4.79 Å². The van der Waals surface area contributed by atoms with Crippen LogP contribution in [0.5, 0.6) is 0 Å². The van der Waals surface area contributed by atoms with Gasteiger partial charge in [-0.2, -0.15) is 0 Å². The highest BCUT2D eigenvalue weighted by molar-refractivity contribution is 5.74. The summed E-state index contributed by atoms with van der Waals surface area (Å²) in [6, 6.07) is 3.98. The van der Waals surface area contributed by atoms with Gasteiger partial charge in [0.2, 0.25) is 0 Å². The quantitative estimate of drug-likeness (QED) is 0.929. The Morgan fingerprint density at radius 1 is 1.38 bits per heavy atom. The van der Waals surface area contributed by atoms with E-state index in [0.29, 0.717) is 18.4 Å². The minimum atomic E-state index is 0.0385. The van der Waals surface area contributed by atoms with Crippen LogP contribution in [0.3, 0.4) is 0 Å². The van der Waals surface area contributed by atoms with Gasteiger partial charge in [0.25, 0.3) is 0 Å². The van der Waals surface area contributed by atoms with E-state index in [1.165, 1.54) is 6.42 Å². The third-order valence-corrected chi connectivity index (χ3v) is 3.87. The molecule has 5 nitrogen and oxygen atoms in total. The molecule has 2 amide bonds. The number of carbonyl (C=O) groups is 1. The minimum Gasteiger partial charge on any atom is -0.363 e. The van der Waals surface area contributed by atoms with Crippen LogP contribution in [0.15, 0.2) is 18.3 Å². The van der Waals surface area contributed by atoms with Crippen LogP contribution in [0.2, 0.25) is 0 Å². The molecule has 1 aliphatic heterocycles. The summed E-state index contributed by atoms with van der Waals surface area (Å²) in [5.74, 6) is 2.07. The topological polar surface area (TPSA) is 48.5 Å². The number of amides is 2. The molecule has 1 saturated heterocycles. The van der Waals surface area contributed by atoms with Crippen molar-refractivity contribution in [1.82, 2.24) is 15.2 Å². The number of hydrogen-bond donors (Lipinski definition) is 1.